The van der Waals surface area contributed by atoms with Crippen LogP contribution in [0.1, 0.15) is 45.3 Å². The van der Waals surface area contributed by atoms with E-state index in [-0.39, 0.29) is 0 Å². The van der Waals surface area contributed by atoms with E-state index in [0.29, 0.717) is 24.3 Å². The predicted molar refractivity (Wildman–Crippen MR) is 81.8 cm³/mol. The second kappa shape index (κ2) is 7.61. The van der Waals surface area contributed by atoms with Gasteiger partial charge in [-0.25, -0.2) is 0 Å². The Balaban J connectivity index is 3.00. The van der Waals surface area contributed by atoms with Crippen LogP contribution in [0.5, 0.6) is 0 Å². The molecule has 1 unspecified atom stereocenters. The Hall–Kier alpha value is -1.11. The van der Waals surface area contributed by atoms with Crippen LogP contribution in [0.2, 0.25) is 0 Å². The van der Waals surface area contributed by atoms with E-state index in [1.54, 1.807) is 31.2 Å². The summed E-state index contributed by atoms with van der Waals surface area (Å²) in [7, 11) is -3.58. The van der Waals surface area contributed by atoms with Gasteiger partial charge in [-0.3, -0.25) is 4.72 Å². The molecular formula is C14H24N2O3S. The van der Waals surface area contributed by atoms with Crippen LogP contribution in [0.25, 0.3) is 0 Å². The SMILES string of the molecule is CCCN(CCC)S(=O)(=O)Nc1ccccc1C(C)O. The second-order valence-electron chi connectivity index (χ2n) is 4.77. The zero-order valence-electron chi connectivity index (χ0n) is 12.3. The summed E-state index contributed by atoms with van der Waals surface area (Å²) in [5.74, 6) is 0. The summed E-state index contributed by atoms with van der Waals surface area (Å²) in [5.41, 5.74) is 1.00. The van der Waals surface area contributed by atoms with Crippen LogP contribution in [-0.2, 0) is 10.2 Å². The molecule has 0 bridgehead atoms. The van der Waals surface area contributed by atoms with Crippen molar-refractivity contribution in [3.05, 3.63) is 29.8 Å². The van der Waals surface area contributed by atoms with Gasteiger partial charge in [-0.05, 0) is 25.8 Å². The lowest BCUT2D eigenvalue weighted by atomic mass is 10.1. The van der Waals surface area contributed by atoms with Crippen molar-refractivity contribution >= 4 is 15.9 Å². The van der Waals surface area contributed by atoms with Crippen molar-refractivity contribution < 1.29 is 13.5 Å². The van der Waals surface area contributed by atoms with Gasteiger partial charge in [0.05, 0.1) is 11.8 Å². The van der Waals surface area contributed by atoms with Crippen molar-refractivity contribution in [3.63, 3.8) is 0 Å². The van der Waals surface area contributed by atoms with Gasteiger partial charge < -0.3 is 5.11 Å². The van der Waals surface area contributed by atoms with Gasteiger partial charge in [0.15, 0.2) is 0 Å². The summed E-state index contributed by atoms with van der Waals surface area (Å²) >= 11 is 0. The third kappa shape index (κ3) is 4.47. The minimum Gasteiger partial charge on any atom is -0.389 e. The summed E-state index contributed by atoms with van der Waals surface area (Å²) in [6.45, 7) is 6.48. The fraction of sp³-hybridized carbons (Fsp3) is 0.571. The van der Waals surface area contributed by atoms with Crippen LogP contribution in [-0.4, -0.2) is 30.9 Å². The molecule has 2 N–H and O–H groups in total. The first kappa shape index (κ1) is 16.9. The van der Waals surface area contributed by atoms with Gasteiger partial charge in [0.25, 0.3) is 0 Å². The Morgan fingerprint density at radius 3 is 2.25 bits per heavy atom. The number of aliphatic hydroxyl groups is 1. The van der Waals surface area contributed by atoms with Crippen LogP contribution in [0.15, 0.2) is 24.3 Å². The van der Waals surface area contributed by atoms with Crippen molar-refractivity contribution in [2.75, 3.05) is 17.8 Å². The van der Waals surface area contributed by atoms with Gasteiger partial charge >= 0.3 is 10.2 Å². The Kier molecular flexibility index (Phi) is 6.45. The van der Waals surface area contributed by atoms with E-state index < -0.39 is 16.3 Å². The standard InChI is InChI=1S/C14H24N2O3S/c1-4-10-16(11-5-2)20(18,19)15-14-9-7-6-8-13(14)12(3)17/h6-9,12,15,17H,4-5,10-11H2,1-3H3. The number of para-hydroxylation sites is 1. The molecule has 0 aliphatic carbocycles. The summed E-state index contributed by atoms with van der Waals surface area (Å²) < 4.78 is 28.8. The molecule has 0 saturated heterocycles. The second-order valence-corrected chi connectivity index (χ2v) is 6.44. The predicted octanol–water partition coefficient (Wildman–Crippen LogP) is 2.52. The van der Waals surface area contributed by atoms with E-state index >= 15 is 0 Å². The van der Waals surface area contributed by atoms with Crippen molar-refractivity contribution in [2.45, 2.75) is 39.7 Å². The molecule has 114 valence electrons. The van der Waals surface area contributed by atoms with Crippen LogP contribution in [0.3, 0.4) is 0 Å². The summed E-state index contributed by atoms with van der Waals surface area (Å²) in [6.07, 6.45) is 0.803. The number of hydrogen-bond donors (Lipinski definition) is 2. The molecule has 0 fully saturated rings. The minimum atomic E-state index is -3.58. The minimum absolute atomic E-state index is 0.430. The molecule has 0 saturated carbocycles. The Morgan fingerprint density at radius 2 is 1.75 bits per heavy atom. The van der Waals surface area contributed by atoms with Crippen molar-refractivity contribution in [3.8, 4) is 0 Å². The van der Waals surface area contributed by atoms with Crippen molar-refractivity contribution in [1.82, 2.24) is 4.31 Å². The Morgan fingerprint density at radius 1 is 1.20 bits per heavy atom. The molecule has 1 aromatic carbocycles. The maximum Gasteiger partial charge on any atom is 0.301 e. The van der Waals surface area contributed by atoms with Crippen molar-refractivity contribution in [2.24, 2.45) is 0 Å². The molecule has 5 nitrogen and oxygen atoms in total. The monoisotopic (exact) mass is 300 g/mol. The van der Waals surface area contributed by atoms with E-state index in [0.717, 1.165) is 12.8 Å². The number of nitrogens with one attached hydrogen (secondary N) is 1. The topological polar surface area (TPSA) is 69.6 Å². The number of hydrogen-bond acceptors (Lipinski definition) is 3. The average Bonchev–Trinajstić information content (AvgIpc) is 2.38. The molecule has 1 atom stereocenters. The maximum absolute atomic E-state index is 12.4. The first-order valence-corrected chi connectivity index (χ1v) is 8.41. The lowest BCUT2D eigenvalue weighted by Crippen LogP contribution is -2.37. The van der Waals surface area contributed by atoms with E-state index in [4.69, 9.17) is 0 Å². The average molecular weight is 300 g/mol. The molecule has 0 aromatic heterocycles. The van der Waals surface area contributed by atoms with Gasteiger partial charge in [0.1, 0.15) is 0 Å². The zero-order chi connectivity index (χ0) is 15.2. The van der Waals surface area contributed by atoms with Crippen LogP contribution in [0, 0.1) is 0 Å². The number of nitrogens with zero attached hydrogens (tertiary/aromatic N) is 1. The highest BCUT2D eigenvalue weighted by Gasteiger charge is 2.21. The molecule has 0 aliphatic rings. The smallest absolute Gasteiger partial charge is 0.301 e. The third-order valence-corrected chi connectivity index (χ3v) is 4.46. The molecule has 1 aromatic rings. The Bertz CT molecular complexity index is 509. The highest BCUT2D eigenvalue weighted by atomic mass is 32.2. The first-order valence-electron chi connectivity index (χ1n) is 6.97. The normalized spacial score (nSPS) is 13.4. The Labute approximate surface area is 121 Å². The lowest BCUT2D eigenvalue weighted by molar-refractivity contribution is 0.200. The number of anilines is 1. The molecule has 0 radical (unpaired) electrons. The molecule has 0 heterocycles. The molecular weight excluding hydrogens is 276 g/mol. The zero-order valence-corrected chi connectivity index (χ0v) is 13.2. The quantitative estimate of drug-likeness (QED) is 0.775. The van der Waals surface area contributed by atoms with Gasteiger partial charge in [-0.2, -0.15) is 12.7 Å². The molecule has 20 heavy (non-hydrogen) atoms. The molecule has 0 spiro atoms. The van der Waals surface area contributed by atoms with E-state index in [1.165, 1.54) is 4.31 Å². The van der Waals surface area contributed by atoms with Gasteiger partial charge in [-0.15, -0.1) is 0 Å². The van der Waals surface area contributed by atoms with Gasteiger partial charge in [-0.1, -0.05) is 32.0 Å². The van der Waals surface area contributed by atoms with Crippen molar-refractivity contribution in [1.29, 1.82) is 0 Å². The third-order valence-electron chi connectivity index (χ3n) is 2.94. The van der Waals surface area contributed by atoms with E-state index in [1.807, 2.05) is 13.8 Å². The number of benzene rings is 1. The van der Waals surface area contributed by atoms with Crippen LogP contribution >= 0.6 is 0 Å². The fourth-order valence-electron chi connectivity index (χ4n) is 2.01. The summed E-state index contributed by atoms with van der Waals surface area (Å²) in [6, 6.07) is 6.89. The summed E-state index contributed by atoms with van der Waals surface area (Å²) in [5, 5.41) is 9.70. The van der Waals surface area contributed by atoms with E-state index in [2.05, 4.69) is 4.72 Å². The van der Waals surface area contributed by atoms with Crippen LogP contribution < -0.4 is 4.72 Å². The summed E-state index contributed by atoms with van der Waals surface area (Å²) in [4.78, 5) is 0. The van der Waals surface area contributed by atoms with E-state index in [9.17, 15) is 13.5 Å². The lowest BCUT2D eigenvalue weighted by Gasteiger charge is -2.23. The molecule has 6 heteroatoms. The molecule has 1 rings (SSSR count). The highest BCUT2D eigenvalue weighted by molar-refractivity contribution is 7.90. The number of aliphatic hydroxyl groups excluding tert-OH is 1. The molecule has 0 aliphatic heterocycles. The largest absolute Gasteiger partial charge is 0.389 e. The van der Waals surface area contributed by atoms with Crippen LogP contribution in [0.4, 0.5) is 5.69 Å². The first-order chi connectivity index (χ1) is 9.42. The fourth-order valence-corrected chi connectivity index (χ4v) is 3.45. The maximum atomic E-state index is 12.4. The molecule has 0 amide bonds. The number of rotatable bonds is 8. The van der Waals surface area contributed by atoms with Gasteiger partial charge in [0.2, 0.25) is 0 Å². The van der Waals surface area contributed by atoms with Gasteiger partial charge in [0, 0.05) is 18.7 Å². The highest BCUT2D eigenvalue weighted by Crippen LogP contribution is 2.24.